The molecule has 2 atom stereocenters. The van der Waals surface area contributed by atoms with Crippen LogP contribution in [0.3, 0.4) is 0 Å². The van der Waals surface area contributed by atoms with Crippen molar-refractivity contribution in [2.45, 2.75) is 33.6 Å². The summed E-state index contributed by atoms with van der Waals surface area (Å²) in [6.45, 7) is 8.09. The van der Waals surface area contributed by atoms with Crippen molar-refractivity contribution in [2.75, 3.05) is 13.1 Å². The van der Waals surface area contributed by atoms with Crippen LogP contribution < -0.4 is 0 Å². The second-order valence-electron chi connectivity index (χ2n) is 5.68. The van der Waals surface area contributed by atoms with Crippen LogP contribution in [0.1, 0.15) is 43.2 Å². The van der Waals surface area contributed by atoms with Crippen molar-refractivity contribution in [2.24, 2.45) is 11.8 Å². The van der Waals surface area contributed by atoms with Gasteiger partial charge >= 0.3 is 0 Å². The van der Waals surface area contributed by atoms with E-state index in [0.717, 1.165) is 25.2 Å². The molecule has 0 radical (unpaired) electrons. The normalized spacial score (nSPS) is 23.5. The number of piperidine rings is 1. The quantitative estimate of drug-likeness (QED) is 0.778. The summed E-state index contributed by atoms with van der Waals surface area (Å²) in [5.74, 6) is 1.21. The van der Waals surface area contributed by atoms with Gasteiger partial charge in [-0.15, -0.1) is 0 Å². The Morgan fingerprint density at radius 3 is 2.58 bits per heavy atom. The van der Waals surface area contributed by atoms with E-state index in [9.17, 15) is 4.79 Å². The van der Waals surface area contributed by atoms with Gasteiger partial charge < -0.3 is 4.90 Å². The van der Waals surface area contributed by atoms with E-state index in [-0.39, 0.29) is 5.91 Å². The second kappa shape index (κ2) is 5.91. The van der Waals surface area contributed by atoms with Crippen LogP contribution in [0.25, 0.3) is 0 Å². The van der Waals surface area contributed by atoms with Gasteiger partial charge in [-0.05, 0) is 36.8 Å². The Hall–Kier alpha value is -1.09. The highest BCUT2D eigenvalue weighted by Gasteiger charge is 2.26. The van der Waals surface area contributed by atoms with Crippen LogP contribution >= 0.6 is 11.6 Å². The first kappa shape index (κ1) is 14.3. The number of hydrogen-bond acceptors (Lipinski definition) is 2. The number of carbonyl (C=O) groups excluding carboxylic acids is 1. The van der Waals surface area contributed by atoms with Crippen molar-refractivity contribution in [3.05, 3.63) is 28.5 Å². The van der Waals surface area contributed by atoms with Gasteiger partial charge in [0, 0.05) is 24.3 Å². The van der Waals surface area contributed by atoms with Crippen molar-refractivity contribution in [3.8, 4) is 0 Å². The molecule has 1 aliphatic rings. The number of aryl methyl sites for hydroxylation is 1. The summed E-state index contributed by atoms with van der Waals surface area (Å²) in [6, 6.07) is 3.53. The molecule has 0 spiro atoms. The van der Waals surface area contributed by atoms with Crippen molar-refractivity contribution in [1.82, 2.24) is 9.88 Å². The summed E-state index contributed by atoms with van der Waals surface area (Å²) in [5.41, 5.74) is 1.53. The fourth-order valence-corrected chi connectivity index (χ4v) is 3.09. The van der Waals surface area contributed by atoms with E-state index in [0.29, 0.717) is 22.6 Å². The van der Waals surface area contributed by atoms with Gasteiger partial charge in [-0.25, -0.2) is 4.98 Å². The number of carbonyl (C=O) groups is 1. The molecule has 2 unspecified atom stereocenters. The highest BCUT2D eigenvalue weighted by molar-refractivity contribution is 6.29. The van der Waals surface area contributed by atoms with Crippen LogP contribution in [0.4, 0.5) is 0 Å². The third kappa shape index (κ3) is 3.47. The van der Waals surface area contributed by atoms with Crippen molar-refractivity contribution >= 4 is 17.5 Å². The maximum absolute atomic E-state index is 12.6. The average molecular weight is 281 g/mol. The molecule has 1 amide bonds. The molecule has 0 saturated carbocycles. The fourth-order valence-electron chi connectivity index (χ4n) is 2.87. The van der Waals surface area contributed by atoms with Gasteiger partial charge in [0.15, 0.2) is 0 Å². The summed E-state index contributed by atoms with van der Waals surface area (Å²) in [7, 11) is 0. The molecule has 3 nitrogen and oxygen atoms in total. The van der Waals surface area contributed by atoms with Gasteiger partial charge in [-0.1, -0.05) is 32.4 Å². The Bertz CT molecular complexity index is 465. The molecule has 4 heteroatoms. The summed E-state index contributed by atoms with van der Waals surface area (Å²) in [5, 5.41) is 0.404. The number of amides is 1. The fraction of sp³-hybridized carbons (Fsp3) is 0.600. The molecule has 1 aromatic heterocycles. The van der Waals surface area contributed by atoms with Crippen LogP contribution in [-0.4, -0.2) is 28.9 Å². The topological polar surface area (TPSA) is 33.2 Å². The number of aromatic nitrogens is 1. The second-order valence-corrected chi connectivity index (χ2v) is 6.07. The number of pyridine rings is 1. The Balaban J connectivity index is 2.21. The molecule has 2 heterocycles. The Kier molecular flexibility index (Phi) is 4.46. The van der Waals surface area contributed by atoms with Crippen molar-refractivity contribution in [3.63, 3.8) is 0 Å². The maximum Gasteiger partial charge on any atom is 0.254 e. The lowest BCUT2D eigenvalue weighted by molar-refractivity contribution is 0.0623. The zero-order valence-corrected chi connectivity index (χ0v) is 12.6. The van der Waals surface area contributed by atoms with Crippen LogP contribution in [-0.2, 0) is 6.42 Å². The van der Waals surface area contributed by atoms with Gasteiger partial charge in [-0.2, -0.15) is 0 Å². The van der Waals surface area contributed by atoms with E-state index in [2.05, 4.69) is 18.8 Å². The Labute approximate surface area is 120 Å². The minimum atomic E-state index is 0.0809. The minimum absolute atomic E-state index is 0.0809. The van der Waals surface area contributed by atoms with Crippen LogP contribution in [0.5, 0.6) is 0 Å². The molecular formula is C15H21ClN2O. The molecule has 1 aliphatic heterocycles. The van der Waals surface area contributed by atoms with Gasteiger partial charge in [0.1, 0.15) is 5.15 Å². The monoisotopic (exact) mass is 280 g/mol. The van der Waals surface area contributed by atoms with E-state index in [1.165, 1.54) is 6.42 Å². The molecule has 1 aromatic rings. The lowest BCUT2D eigenvalue weighted by Crippen LogP contribution is -2.42. The summed E-state index contributed by atoms with van der Waals surface area (Å²) in [6.07, 6.45) is 1.98. The number of halogens is 1. The summed E-state index contributed by atoms with van der Waals surface area (Å²) >= 11 is 5.99. The number of hydrogen-bond donors (Lipinski definition) is 0. The predicted octanol–water partition coefficient (Wildman–Crippen LogP) is 3.42. The maximum atomic E-state index is 12.6. The molecule has 0 aliphatic carbocycles. The van der Waals surface area contributed by atoms with Gasteiger partial charge in [0.25, 0.3) is 5.91 Å². The predicted molar refractivity (Wildman–Crippen MR) is 77.5 cm³/mol. The van der Waals surface area contributed by atoms with Crippen LogP contribution in [0, 0.1) is 11.8 Å². The van der Waals surface area contributed by atoms with Crippen molar-refractivity contribution in [1.29, 1.82) is 0 Å². The van der Waals surface area contributed by atoms with Gasteiger partial charge in [0.2, 0.25) is 0 Å². The molecular weight excluding hydrogens is 260 g/mol. The standard InChI is InChI=1S/C15H21ClN2O/c1-4-13-6-12(7-14(16)17-13)15(19)18-8-10(2)5-11(3)9-18/h6-7,10-11H,4-5,8-9H2,1-3H3. The van der Waals surface area contributed by atoms with E-state index in [1.54, 1.807) is 6.07 Å². The SMILES string of the molecule is CCc1cc(C(=O)N2CC(C)CC(C)C2)cc(Cl)n1. The first-order chi connectivity index (χ1) is 8.99. The van der Waals surface area contributed by atoms with Crippen LogP contribution in [0.15, 0.2) is 12.1 Å². The third-order valence-corrected chi connectivity index (χ3v) is 3.81. The van der Waals surface area contributed by atoms with E-state index < -0.39 is 0 Å². The third-order valence-electron chi connectivity index (χ3n) is 3.61. The molecule has 1 fully saturated rings. The molecule has 19 heavy (non-hydrogen) atoms. The molecule has 1 saturated heterocycles. The zero-order chi connectivity index (χ0) is 14.0. The van der Waals surface area contributed by atoms with E-state index in [1.807, 2.05) is 17.9 Å². The molecule has 0 N–H and O–H groups in total. The first-order valence-electron chi connectivity index (χ1n) is 6.95. The number of rotatable bonds is 2. The van der Waals surface area contributed by atoms with E-state index >= 15 is 0 Å². The zero-order valence-electron chi connectivity index (χ0n) is 11.8. The summed E-state index contributed by atoms with van der Waals surface area (Å²) in [4.78, 5) is 18.7. The number of likely N-dealkylation sites (tertiary alicyclic amines) is 1. The average Bonchev–Trinajstić information content (AvgIpc) is 2.35. The highest BCUT2D eigenvalue weighted by Crippen LogP contribution is 2.23. The molecule has 0 aromatic carbocycles. The minimum Gasteiger partial charge on any atom is -0.338 e. The highest BCUT2D eigenvalue weighted by atomic mass is 35.5. The molecule has 104 valence electrons. The largest absolute Gasteiger partial charge is 0.338 e. The van der Waals surface area contributed by atoms with E-state index in [4.69, 9.17) is 11.6 Å². The summed E-state index contributed by atoms with van der Waals surface area (Å²) < 4.78 is 0. The molecule has 0 bridgehead atoms. The smallest absolute Gasteiger partial charge is 0.254 e. The van der Waals surface area contributed by atoms with Crippen molar-refractivity contribution < 1.29 is 4.79 Å². The lowest BCUT2D eigenvalue weighted by atomic mass is 9.91. The Morgan fingerprint density at radius 1 is 1.37 bits per heavy atom. The van der Waals surface area contributed by atoms with Crippen LogP contribution in [0.2, 0.25) is 5.15 Å². The van der Waals surface area contributed by atoms with Gasteiger partial charge in [-0.3, -0.25) is 4.79 Å². The Morgan fingerprint density at radius 2 is 2.00 bits per heavy atom. The lowest BCUT2D eigenvalue weighted by Gasteiger charge is -2.35. The number of nitrogens with zero attached hydrogens (tertiary/aromatic N) is 2. The van der Waals surface area contributed by atoms with Gasteiger partial charge in [0.05, 0.1) is 0 Å². The first-order valence-corrected chi connectivity index (χ1v) is 7.33. The molecule has 2 rings (SSSR count).